The van der Waals surface area contributed by atoms with E-state index in [1.165, 1.54) is 16.5 Å². The van der Waals surface area contributed by atoms with Crippen molar-refractivity contribution in [3.05, 3.63) is 41.2 Å². The first-order valence-electron chi connectivity index (χ1n) is 8.07. The van der Waals surface area contributed by atoms with Crippen molar-refractivity contribution in [1.29, 1.82) is 0 Å². The number of pyridine rings is 1. The first-order valence-corrected chi connectivity index (χ1v) is 8.95. The monoisotopic (exact) mass is 354 g/mol. The van der Waals surface area contributed by atoms with Gasteiger partial charge < -0.3 is 10.6 Å². The van der Waals surface area contributed by atoms with Crippen LogP contribution in [0.2, 0.25) is 0 Å². The lowest BCUT2D eigenvalue weighted by Gasteiger charge is -2.15. The fourth-order valence-corrected chi connectivity index (χ4v) is 3.57. The molecular weight excluding hydrogens is 332 g/mol. The summed E-state index contributed by atoms with van der Waals surface area (Å²) in [7, 11) is 3.76. The van der Waals surface area contributed by atoms with Gasteiger partial charge in [0.15, 0.2) is 0 Å². The van der Waals surface area contributed by atoms with Crippen molar-refractivity contribution >= 4 is 34.6 Å². The van der Waals surface area contributed by atoms with E-state index in [0.29, 0.717) is 11.8 Å². The highest BCUT2D eigenvalue weighted by molar-refractivity contribution is 7.99. The number of para-hydroxylation sites is 1. The van der Waals surface area contributed by atoms with Crippen LogP contribution in [0.1, 0.15) is 29.1 Å². The Bertz CT molecular complexity index is 925. The predicted octanol–water partition coefficient (Wildman–Crippen LogP) is 3.54. The lowest BCUT2D eigenvalue weighted by atomic mass is 10.1. The van der Waals surface area contributed by atoms with E-state index in [0.717, 1.165) is 10.5 Å². The van der Waals surface area contributed by atoms with Crippen molar-refractivity contribution in [2.45, 2.75) is 31.0 Å². The normalized spacial score (nSPS) is 12.4. The van der Waals surface area contributed by atoms with Crippen LogP contribution in [0, 0.1) is 13.8 Å². The fraction of sp³-hybridized carbons (Fsp3) is 0.333. The number of fused-ring (bicyclic) bond motifs is 1. The summed E-state index contributed by atoms with van der Waals surface area (Å²) in [4.78, 5) is 19.6. The van der Waals surface area contributed by atoms with E-state index in [9.17, 15) is 0 Å². The van der Waals surface area contributed by atoms with Crippen molar-refractivity contribution in [1.82, 2.24) is 19.9 Å². The Morgan fingerprint density at radius 3 is 2.52 bits per heavy atom. The van der Waals surface area contributed by atoms with Gasteiger partial charge in [-0.2, -0.15) is 15.0 Å². The van der Waals surface area contributed by atoms with Crippen molar-refractivity contribution in [3.8, 4) is 0 Å². The maximum absolute atomic E-state index is 5.83. The molecule has 3 rings (SSSR count). The molecule has 6 nitrogen and oxygen atoms in total. The molecule has 25 heavy (non-hydrogen) atoms. The molecule has 2 aromatic heterocycles. The Morgan fingerprint density at radius 2 is 1.80 bits per heavy atom. The van der Waals surface area contributed by atoms with Crippen LogP contribution in [-0.4, -0.2) is 34.0 Å². The summed E-state index contributed by atoms with van der Waals surface area (Å²) >= 11 is 1.63. The summed E-state index contributed by atoms with van der Waals surface area (Å²) in [5, 5.41) is 2.16. The number of nitrogen functional groups attached to an aromatic ring is 1. The number of benzene rings is 1. The number of anilines is 2. The van der Waals surface area contributed by atoms with Crippen LogP contribution in [0.3, 0.4) is 0 Å². The molecule has 0 aliphatic rings. The summed E-state index contributed by atoms with van der Waals surface area (Å²) in [5.74, 6) is 1.46. The van der Waals surface area contributed by atoms with Gasteiger partial charge in [-0.05, 0) is 38.0 Å². The first kappa shape index (κ1) is 17.4. The quantitative estimate of drug-likeness (QED) is 0.718. The third-order valence-corrected chi connectivity index (χ3v) is 4.96. The average Bonchev–Trinajstić information content (AvgIpc) is 2.55. The summed E-state index contributed by atoms with van der Waals surface area (Å²) in [6, 6.07) is 8.37. The van der Waals surface area contributed by atoms with E-state index in [-0.39, 0.29) is 11.2 Å². The molecule has 0 saturated heterocycles. The van der Waals surface area contributed by atoms with Crippen molar-refractivity contribution < 1.29 is 0 Å². The molecular formula is C18H22N6S. The zero-order valence-electron chi connectivity index (χ0n) is 15.1. The molecule has 1 atom stereocenters. The third-order valence-electron chi connectivity index (χ3n) is 3.94. The number of aromatic nitrogens is 4. The lowest BCUT2D eigenvalue weighted by molar-refractivity contribution is 0.863. The molecule has 2 heterocycles. The Hall–Kier alpha value is -2.41. The fourth-order valence-electron chi connectivity index (χ4n) is 2.60. The molecule has 0 aliphatic carbocycles. The largest absolute Gasteiger partial charge is 0.368 e. The molecule has 0 amide bonds. The van der Waals surface area contributed by atoms with Gasteiger partial charge in [-0.3, -0.25) is 0 Å². The number of nitrogens with zero attached hydrogens (tertiary/aromatic N) is 5. The summed E-state index contributed by atoms with van der Waals surface area (Å²) in [5.41, 5.74) is 9.27. The smallest absolute Gasteiger partial charge is 0.229 e. The van der Waals surface area contributed by atoms with Gasteiger partial charge in [0.25, 0.3) is 0 Å². The van der Waals surface area contributed by atoms with Gasteiger partial charge in [-0.1, -0.05) is 30.0 Å². The number of hydrogen-bond donors (Lipinski definition) is 1. The van der Waals surface area contributed by atoms with E-state index in [4.69, 9.17) is 10.7 Å². The lowest BCUT2D eigenvalue weighted by Crippen LogP contribution is -2.16. The van der Waals surface area contributed by atoms with Gasteiger partial charge >= 0.3 is 0 Å². The van der Waals surface area contributed by atoms with Crippen LogP contribution in [-0.2, 0) is 0 Å². The number of thioether (sulfide) groups is 1. The van der Waals surface area contributed by atoms with Crippen LogP contribution in [0.15, 0.2) is 29.3 Å². The number of aryl methyl sites for hydroxylation is 2. The second-order valence-electron chi connectivity index (χ2n) is 6.25. The van der Waals surface area contributed by atoms with Crippen molar-refractivity contribution in [3.63, 3.8) is 0 Å². The molecule has 0 aliphatic heterocycles. The number of nitrogens with two attached hydrogens (primary N) is 1. The zero-order chi connectivity index (χ0) is 18.1. The Morgan fingerprint density at radius 1 is 1.04 bits per heavy atom. The highest BCUT2D eigenvalue weighted by Crippen LogP contribution is 2.34. The molecule has 0 bridgehead atoms. The van der Waals surface area contributed by atoms with Gasteiger partial charge in [0.05, 0.1) is 15.8 Å². The summed E-state index contributed by atoms with van der Waals surface area (Å²) in [6.07, 6.45) is 0. The number of hydrogen-bond acceptors (Lipinski definition) is 7. The van der Waals surface area contributed by atoms with Crippen LogP contribution in [0.4, 0.5) is 11.9 Å². The average molecular weight is 354 g/mol. The second kappa shape index (κ2) is 6.84. The molecule has 0 saturated carbocycles. The molecule has 0 spiro atoms. The molecule has 0 fully saturated rings. The zero-order valence-corrected chi connectivity index (χ0v) is 15.9. The van der Waals surface area contributed by atoms with Crippen LogP contribution < -0.4 is 10.6 Å². The number of rotatable bonds is 4. The molecule has 2 N–H and O–H groups in total. The minimum atomic E-state index is 0.0115. The van der Waals surface area contributed by atoms with E-state index in [2.05, 4.69) is 60.0 Å². The van der Waals surface area contributed by atoms with Gasteiger partial charge in [-0.25, -0.2) is 4.98 Å². The van der Waals surface area contributed by atoms with E-state index in [1.807, 2.05) is 19.0 Å². The Labute approximate surface area is 151 Å². The minimum Gasteiger partial charge on any atom is -0.368 e. The van der Waals surface area contributed by atoms with Crippen LogP contribution >= 0.6 is 11.8 Å². The van der Waals surface area contributed by atoms with E-state index >= 15 is 0 Å². The SMILES string of the molecule is Cc1cc(S[C@@H](C)c2nc(N)nc(N(C)C)n2)nc2c(C)cccc12. The van der Waals surface area contributed by atoms with Crippen LogP contribution in [0.25, 0.3) is 10.9 Å². The highest BCUT2D eigenvalue weighted by Gasteiger charge is 2.16. The molecule has 3 aromatic rings. The summed E-state index contributed by atoms with van der Waals surface area (Å²) in [6.45, 7) is 6.25. The maximum atomic E-state index is 5.83. The second-order valence-corrected chi connectivity index (χ2v) is 7.62. The van der Waals surface area contributed by atoms with Crippen LogP contribution in [0.5, 0.6) is 0 Å². The summed E-state index contributed by atoms with van der Waals surface area (Å²) < 4.78 is 0. The van der Waals surface area contributed by atoms with E-state index in [1.54, 1.807) is 11.8 Å². The molecule has 130 valence electrons. The standard InChI is InChI=1S/C18H22N6S/c1-10-7-6-8-13-11(2)9-14(20-15(10)13)25-12(3)16-21-17(19)23-18(22-16)24(4)5/h6-9,12H,1-5H3,(H2,19,21,22,23)/t12-/m0/s1. The van der Waals surface area contributed by atoms with Gasteiger partial charge in [0, 0.05) is 19.5 Å². The highest BCUT2D eigenvalue weighted by atomic mass is 32.2. The van der Waals surface area contributed by atoms with Gasteiger partial charge in [-0.15, -0.1) is 0 Å². The minimum absolute atomic E-state index is 0.0115. The molecule has 7 heteroatoms. The topological polar surface area (TPSA) is 80.8 Å². The van der Waals surface area contributed by atoms with E-state index < -0.39 is 0 Å². The van der Waals surface area contributed by atoms with Gasteiger partial charge in [0.1, 0.15) is 5.82 Å². The van der Waals surface area contributed by atoms with Crippen molar-refractivity contribution in [2.75, 3.05) is 24.7 Å². The molecule has 0 radical (unpaired) electrons. The Balaban J connectivity index is 1.95. The van der Waals surface area contributed by atoms with Gasteiger partial charge in [0.2, 0.25) is 11.9 Å². The first-order chi connectivity index (χ1) is 11.8. The molecule has 0 unspecified atom stereocenters. The molecule has 1 aromatic carbocycles. The van der Waals surface area contributed by atoms with Crippen molar-refractivity contribution in [2.24, 2.45) is 0 Å². The Kier molecular flexibility index (Phi) is 4.76. The predicted molar refractivity (Wildman–Crippen MR) is 104 cm³/mol. The maximum Gasteiger partial charge on any atom is 0.229 e. The third kappa shape index (κ3) is 3.66.